The van der Waals surface area contributed by atoms with Crippen LogP contribution in [0.4, 0.5) is 4.39 Å². The largest absolute Gasteiger partial charge is 0.457 e. The summed E-state index contributed by atoms with van der Waals surface area (Å²) < 4.78 is 19.4. The molecule has 0 aliphatic heterocycles. The molecule has 0 radical (unpaired) electrons. The minimum atomic E-state index is -0.318. The third-order valence-corrected chi connectivity index (χ3v) is 3.55. The molecule has 0 unspecified atom stereocenters. The molecule has 0 saturated carbocycles. The van der Waals surface area contributed by atoms with Gasteiger partial charge in [-0.1, -0.05) is 18.5 Å². The van der Waals surface area contributed by atoms with E-state index in [-0.39, 0.29) is 5.82 Å². The van der Waals surface area contributed by atoms with Gasteiger partial charge in [-0.15, -0.1) is 0 Å². The molecule has 0 heterocycles. The second-order valence-corrected chi connectivity index (χ2v) is 5.50. The molecule has 0 aromatic heterocycles. The van der Waals surface area contributed by atoms with Crippen LogP contribution in [0.5, 0.6) is 11.5 Å². The van der Waals surface area contributed by atoms with E-state index in [9.17, 15) is 4.39 Å². The summed E-state index contributed by atoms with van der Waals surface area (Å²) in [5.74, 6) is 0.952. The first-order valence-electron chi connectivity index (χ1n) is 6.22. The first-order valence-corrected chi connectivity index (χ1v) is 7.39. The predicted molar refractivity (Wildman–Crippen MR) is 83.0 cm³/mol. The maximum Gasteiger partial charge on any atom is 0.137 e. The van der Waals surface area contributed by atoms with Crippen molar-refractivity contribution < 1.29 is 9.13 Å². The summed E-state index contributed by atoms with van der Waals surface area (Å²) in [4.78, 5) is 0. The van der Waals surface area contributed by atoms with Gasteiger partial charge < -0.3 is 10.1 Å². The zero-order valence-electron chi connectivity index (χ0n) is 10.9. The average molecular weight is 359 g/mol. The molecule has 0 atom stereocenters. The van der Waals surface area contributed by atoms with Crippen molar-refractivity contribution >= 4 is 27.5 Å². The fourth-order valence-electron chi connectivity index (χ4n) is 1.71. The Labute approximate surface area is 131 Å². The molecule has 0 spiro atoms. The second kappa shape index (κ2) is 7.07. The van der Waals surface area contributed by atoms with Crippen LogP contribution < -0.4 is 10.1 Å². The molecule has 0 bridgehead atoms. The van der Waals surface area contributed by atoms with Gasteiger partial charge in [0.25, 0.3) is 0 Å². The lowest BCUT2D eigenvalue weighted by Gasteiger charge is -2.12. The van der Waals surface area contributed by atoms with Crippen molar-refractivity contribution in [2.24, 2.45) is 0 Å². The normalized spacial score (nSPS) is 10.6. The summed E-state index contributed by atoms with van der Waals surface area (Å²) in [6, 6.07) is 9.99. The number of rotatable bonds is 5. The lowest BCUT2D eigenvalue weighted by Crippen LogP contribution is -2.12. The van der Waals surface area contributed by atoms with Crippen LogP contribution in [0, 0.1) is 5.82 Å². The Bertz CT molecular complexity index is 606. The van der Waals surface area contributed by atoms with Gasteiger partial charge in [-0.05, 0) is 58.9 Å². The lowest BCUT2D eigenvalue weighted by atomic mass is 10.2. The molecule has 5 heteroatoms. The molecule has 0 aliphatic rings. The van der Waals surface area contributed by atoms with Crippen LogP contribution in [-0.2, 0) is 6.54 Å². The average Bonchev–Trinajstić information content (AvgIpc) is 2.43. The minimum Gasteiger partial charge on any atom is -0.457 e. The molecule has 2 nitrogen and oxygen atoms in total. The van der Waals surface area contributed by atoms with Gasteiger partial charge in [0.2, 0.25) is 0 Å². The van der Waals surface area contributed by atoms with Crippen LogP contribution >= 0.6 is 27.5 Å². The molecule has 2 rings (SSSR count). The predicted octanol–water partition coefficient (Wildman–Crippen LogP) is 5.14. The number of hydrogen-bond donors (Lipinski definition) is 1. The first-order chi connectivity index (χ1) is 9.60. The number of ether oxygens (including phenoxy) is 1. The van der Waals surface area contributed by atoms with Crippen LogP contribution in [0.2, 0.25) is 5.02 Å². The van der Waals surface area contributed by atoms with E-state index in [0.717, 1.165) is 12.1 Å². The molecule has 106 valence electrons. The standard InChI is InChI=1S/C15H14BrClFNO/c1-2-19-9-10-7-11(17)3-6-15(10)20-12-4-5-14(18)13(16)8-12/h3-8,19H,2,9H2,1H3. The van der Waals surface area contributed by atoms with Crippen LogP contribution in [0.25, 0.3) is 0 Å². The molecule has 2 aromatic carbocycles. The van der Waals surface area contributed by atoms with Gasteiger partial charge in [0.05, 0.1) is 4.47 Å². The molecule has 20 heavy (non-hydrogen) atoms. The summed E-state index contributed by atoms with van der Waals surface area (Å²) in [5.41, 5.74) is 0.958. The Balaban J connectivity index is 2.25. The monoisotopic (exact) mass is 357 g/mol. The Kier molecular flexibility index (Phi) is 5.40. The number of nitrogens with one attached hydrogen (secondary N) is 1. The topological polar surface area (TPSA) is 21.3 Å². The van der Waals surface area contributed by atoms with E-state index in [1.165, 1.54) is 6.07 Å². The van der Waals surface area contributed by atoms with Gasteiger partial charge in [-0.3, -0.25) is 0 Å². The molecular weight excluding hydrogens is 345 g/mol. The van der Waals surface area contributed by atoms with Crippen molar-refractivity contribution in [3.63, 3.8) is 0 Å². The lowest BCUT2D eigenvalue weighted by molar-refractivity contribution is 0.471. The third-order valence-electron chi connectivity index (χ3n) is 2.71. The van der Waals surface area contributed by atoms with Crippen molar-refractivity contribution in [1.29, 1.82) is 0 Å². The smallest absolute Gasteiger partial charge is 0.137 e. The highest BCUT2D eigenvalue weighted by Gasteiger charge is 2.07. The maximum absolute atomic E-state index is 13.2. The fourth-order valence-corrected chi connectivity index (χ4v) is 2.27. The minimum absolute atomic E-state index is 0.318. The molecule has 2 aromatic rings. The van der Waals surface area contributed by atoms with E-state index in [1.807, 2.05) is 19.1 Å². The third kappa shape index (κ3) is 3.95. The molecule has 0 fully saturated rings. The van der Waals surface area contributed by atoms with E-state index in [0.29, 0.717) is 27.5 Å². The van der Waals surface area contributed by atoms with Gasteiger partial charge in [0.15, 0.2) is 0 Å². The van der Waals surface area contributed by atoms with Gasteiger partial charge in [0, 0.05) is 17.1 Å². The number of benzene rings is 2. The van der Waals surface area contributed by atoms with Crippen LogP contribution in [-0.4, -0.2) is 6.54 Å². The summed E-state index contributed by atoms with van der Waals surface area (Å²) in [6.07, 6.45) is 0. The molecular formula is C15H14BrClFNO. The van der Waals surface area contributed by atoms with Crippen LogP contribution in [0.15, 0.2) is 40.9 Å². The van der Waals surface area contributed by atoms with Crippen LogP contribution in [0.1, 0.15) is 12.5 Å². The van der Waals surface area contributed by atoms with Crippen molar-refractivity contribution in [2.45, 2.75) is 13.5 Å². The van der Waals surface area contributed by atoms with Crippen LogP contribution in [0.3, 0.4) is 0 Å². The first kappa shape index (κ1) is 15.3. The maximum atomic E-state index is 13.2. The Morgan fingerprint density at radius 3 is 2.75 bits per heavy atom. The van der Waals surface area contributed by atoms with Crippen molar-refractivity contribution in [2.75, 3.05) is 6.54 Å². The van der Waals surface area contributed by atoms with Crippen molar-refractivity contribution in [3.05, 3.63) is 57.3 Å². The van der Waals surface area contributed by atoms with Crippen molar-refractivity contribution in [1.82, 2.24) is 5.32 Å². The molecule has 0 saturated heterocycles. The summed E-state index contributed by atoms with van der Waals surface area (Å²) in [6.45, 7) is 3.55. The molecule has 0 aliphatic carbocycles. The highest BCUT2D eigenvalue weighted by atomic mass is 79.9. The second-order valence-electron chi connectivity index (χ2n) is 4.21. The van der Waals surface area contributed by atoms with E-state index in [4.69, 9.17) is 16.3 Å². The van der Waals surface area contributed by atoms with Gasteiger partial charge in [-0.25, -0.2) is 4.39 Å². The van der Waals surface area contributed by atoms with E-state index < -0.39 is 0 Å². The van der Waals surface area contributed by atoms with E-state index in [1.54, 1.807) is 18.2 Å². The Morgan fingerprint density at radius 2 is 2.05 bits per heavy atom. The van der Waals surface area contributed by atoms with E-state index in [2.05, 4.69) is 21.2 Å². The highest BCUT2D eigenvalue weighted by molar-refractivity contribution is 9.10. The zero-order chi connectivity index (χ0) is 14.5. The van der Waals surface area contributed by atoms with Crippen molar-refractivity contribution in [3.8, 4) is 11.5 Å². The van der Waals surface area contributed by atoms with E-state index >= 15 is 0 Å². The Hall–Kier alpha value is -1.10. The Morgan fingerprint density at radius 1 is 1.25 bits per heavy atom. The fraction of sp³-hybridized carbons (Fsp3) is 0.200. The summed E-state index contributed by atoms with van der Waals surface area (Å²) in [7, 11) is 0. The molecule has 1 N–H and O–H groups in total. The summed E-state index contributed by atoms with van der Waals surface area (Å²) >= 11 is 9.15. The van der Waals surface area contributed by atoms with Gasteiger partial charge in [0.1, 0.15) is 17.3 Å². The highest BCUT2D eigenvalue weighted by Crippen LogP contribution is 2.30. The molecule has 0 amide bonds. The number of hydrogen-bond acceptors (Lipinski definition) is 2. The number of halogens is 3. The zero-order valence-corrected chi connectivity index (χ0v) is 13.3. The SMILES string of the molecule is CCNCc1cc(Cl)ccc1Oc1ccc(F)c(Br)c1. The van der Waals surface area contributed by atoms with Gasteiger partial charge >= 0.3 is 0 Å². The van der Waals surface area contributed by atoms with Gasteiger partial charge in [-0.2, -0.15) is 0 Å². The quantitative estimate of drug-likeness (QED) is 0.798. The summed E-state index contributed by atoms with van der Waals surface area (Å²) in [5, 5.41) is 3.89.